The predicted octanol–water partition coefficient (Wildman–Crippen LogP) is 7.78. The van der Waals surface area contributed by atoms with E-state index >= 15 is 0 Å². The summed E-state index contributed by atoms with van der Waals surface area (Å²) in [5.41, 5.74) is 6.42. The first-order valence-electron chi connectivity index (χ1n) is 10.3. The molecule has 0 unspecified atom stereocenters. The molecule has 11 heteroatoms. The van der Waals surface area contributed by atoms with E-state index in [2.05, 4.69) is 10.5 Å². The summed E-state index contributed by atoms with van der Waals surface area (Å²) in [6, 6.07) is 12.6. The molecule has 0 spiro atoms. The van der Waals surface area contributed by atoms with E-state index < -0.39 is 0 Å². The lowest BCUT2D eigenvalue weighted by Gasteiger charge is -2.26. The highest BCUT2D eigenvalue weighted by molar-refractivity contribution is 6.40. The summed E-state index contributed by atoms with van der Waals surface area (Å²) in [7, 11) is 0. The van der Waals surface area contributed by atoms with Gasteiger partial charge in [-0.05, 0) is 50.1 Å². The number of piperidine rings is 1. The van der Waals surface area contributed by atoms with Crippen molar-refractivity contribution in [2.75, 3.05) is 18.4 Å². The predicted molar refractivity (Wildman–Crippen MR) is 145 cm³/mol. The maximum Gasteiger partial charge on any atom is 0.286 e. The van der Waals surface area contributed by atoms with E-state index in [1.165, 1.54) is 6.42 Å². The molecule has 2 aromatic carbocycles. The zero-order valence-electron chi connectivity index (χ0n) is 18.3. The van der Waals surface area contributed by atoms with E-state index in [4.69, 9.17) is 58.0 Å². The molecule has 2 heterocycles. The lowest BCUT2D eigenvalue weighted by molar-refractivity contribution is 0.0743. The molecule has 0 radical (unpaired) electrons. The lowest BCUT2D eigenvalue weighted by Crippen LogP contribution is -2.45. The van der Waals surface area contributed by atoms with Gasteiger partial charge in [0.2, 0.25) is 0 Å². The zero-order valence-corrected chi connectivity index (χ0v) is 22.9. The summed E-state index contributed by atoms with van der Waals surface area (Å²) >= 11 is 28.1. The molecule has 34 heavy (non-hydrogen) atoms. The Bertz CT molecular complexity index is 1100. The fourth-order valence-corrected chi connectivity index (χ4v) is 4.30. The number of halogens is 6. The minimum Gasteiger partial charge on any atom is -0.283 e. The van der Waals surface area contributed by atoms with E-state index in [1.54, 1.807) is 22.9 Å². The second-order valence-electron chi connectivity index (χ2n) is 7.43. The Morgan fingerprint density at radius 2 is 1.56 bits per heavy atom. The van der Waals surface area contributed by atoms with Crippen LogP contribution in [0.15, 0.2) is 42.5 Å². The summed E-state index contributed by atoms with van der Waals surface area (Å²) in [4.78, 5) is 13.1. The quantitative estimate of drug-likeness (QED) is 0.319. The molecule has 1 aliphatic heterocycles. The van der Waals surface area contributed by atoms with Gasteiger partial charge in [0.05, 0.1) is 21.7 Å². The van der Waals surface area contributed by atoms with Crippen LogP contribution in [-0.2, 0) is 0 Å². The number of rotatable bonds is 4. The summed E-state index contributed by atoms with van der Waals surface area (Å²) < 4.78 is 1.70. The zero-order chi connectivity index (χ0) is 24.0. The number of carbonyl (C=O) groups is 1. The van der Waals surface area contributed by atoms with Gasteiger partial charge in [-0.1, -0.05) is 53.4 Å². The summed E-state index contributed by atoms with van der Waals surface area (Å²) in [6.45, 7) is 3.58. The van der Waals surface area contributed by atoms with Crippen molar-refractivity contribution in [2.45, 2.75) is 26.2 Å². The molecule has 0 atom stereocenters. The Labute approximate surface area is 230 Å². The molecule has 1 fully saturated rings. The van der Waals surface area contributed by atoms with Gasteiger partial charge in [-0.3, -0.25) is 10.2 Å². The third kappa shape index (κ3) is 7.17. The van der Waals surface area contributed by atoms with Crippen LogP contribution in [0.3, 0.4) is 0 Å². The Morgan fingerprint density at radius 3 is 2.15 bits per heavy atom. The van der Waals surface area contributed by atoms with Crippen molar-refractivity contribution in [3.63, 3.8) is 0 Å². The minimum absolute atomic E-state index is 0. The number of carbonyl (C=O) groups excluding carboxylic acids is 1. The number of hydrogen-bond donors (Lipinski definition) is 1. The molecule has 5 nitrogen and oxygen atoms in total. The fraction of sp³-hybridized carbons (Fsp3) is 0.304. The molecule has 3 aromatic rings. The second kappa shape index (κ2) is 13.8. The standard InChI is InChI=1S/C22H21Cl3N4O.CH2Cl2.ClH/c1-14-20(22(30)27-28-11-3-2-4-12-28)26-29(19-10-9-17(24)13-18(19)25)21(14)15-5-7-16(23)8-6-15;2-1-3;/h5-10,13H,2-4,11-12H2,1H3,(H,27,30);1H2;1H. The number of amides is 1. The molecule has 0 bridgehead atoms. The van der Waals surface area contributed by atoms with Crippen LogP contribution >= 0.6 is 70.4 Å². The highest BCUT2D eigenvalue weighted by atomic mass is 35.5. The van der Waals surface area contributed by atoms with Crippen LogP contribution in [0, 0.1) is 6.92 Å². The fourth-order valence-electron chi connectivity index (χ4n) is 3.69. The van der Waals surface area contributed by atoms with Crippen LogP contribution in [0.1, 0.15) is 35.3 Å². The molecule has 1 N–H and O–H groups in total. The van der Waals surface area contributed by atoms with Crippen molar-refractivity contribution >= 4 is 76.3 Å². The average molecular weight is 585 g/mol. The van der Waals surface area contributed by atoms with Gasteiger partial charge in [-0.25, -0.2) is 9.69 Å². The van der Waals surface area contributed by atoms with Crippen molar-refractivity contribution in [3.8, 4) is 16.9 Å². The van der Waals surface area contributed by atoms with Crippen molar-refractivity contribution in [1.29, 1.82) is 0 Å². The number of nitrogens with zero attached hydrogens (tertiary/aromatic N) is 3. The van der Waals surface area contributed by atoms with E-state index in [1.807, 2.05) is 36.2 Å². The number of hydrogen-bond acceptors (Lipinski definition) is 3. The minimum atomic E-state index is -0.228. The van der Waals surface area contributed by atoms with Gasteiger partial charge in [-0.2, -0.15) is 5.10 Å². The third-order valence-electron chi connectivity index (χ3n) is 5.21. The average Bonchev–Trinajstić information content (AvgIpc) is 3.12. The number of nitrogens with one attached hydrogen (secondary N) is 1. The molecule has 1 aromatic heterocycles. The van der Waals surface area contributed by atoms with E-state index in [9.17, 15) is 4.79 Å². The van der Waals surface area contributed by atoms with Crippen LogP contribution < -0.4 is 5.43 Å². The Hall–Kier alpha value is -1.18. The highest BCUT2D eigenvalue weighted by Crippen LogP contribution is 2.33. The van der Waals surface area contributed by atoms with Crippen LogP contribution in [0.4, 0.5) is 0 Å². The first-order valence-corrected chi connectivity index (χ1v) is 12.5. The smallest absolute Gasteiger partial charge is 0.283 e. The third-order valence-corrected chi connectivity index (χ3v) is 6.00. The topological polar surface area (TPSA) is 50.2 Å². The molecule has 0 saturated carbocycles. The lowest BCUT2D eigenvalue weighted by atomic mass is 10.1. The normalized spacial score (nSPS) is 13.5. The summed E-state index contributed by atoms with van der Waals surface area (Å²) in [5, 5.41) is 8.42. The highest BCUT2D eigenvalue weighted by Gasteiger charge is 2.24. The molecule has 0 aliphatic carbocycles. The van der Waals surface area contributed by atoms with Crippen molar-refractivity contribution < 1.29 is 4.79 Å². The molecule has 1 saturated heterocycles. The molecular weight excluding hydrogens is 561 g/mol. The first kappa shape index (κ1) is 29.1. The molecular formula is C23H24Cl6N4O. The molecule has 184 valence electrons. The Balaban J connectivity index is 0.000000970. The van der Waals surface area contributed by atoms with Gasteiger partial charge in [0.15, 0.2) is 5.69 Å². The van der Waals surface area contributed by atoms with Crippen molar-refractivity contribution in [3.05, 3.63) is 68.8 Å². The number of alkyl halides is 2. The first-order chi connectivity index (χ1) is 15.8. The Morgan fingerprint density at radius 1 is 0.971 bits per heavy atom. The molecule has 1 aliphatic rings. The van der Waals surface area contributed by atoms with Crippen molar-refractivity contribution in [1.82, 2.24) is 20.2 Å². The van der Waals surface area contributed by atoms with Gasteiger partial charge >= 0.3 is 0 Å². The van der Waals surface area contributed by atoms with Gasteiger partial charge in [0.1, 0.15) is 0 Å². The SMILES string of the molecule is Cc1c(C(=O)NN2CCCCC2)nn(-c2ccc(Cl)cc2Cl)c1-c1ccc(Cl)cc1.Cl.ClCCl. The Kier molecular flexibility index (Phi) is 11.8. The van der Waals surface area contributed by atoms with Gasteiger partial charge in [-0.15, -0.1) is 35.6 Å². The van der Waals surface area contributed by atoms with Gasteiger partial charge in [0.25, 0.3) is 5.91 Å². The van der Waals surface area contributed by atoms with Gasteiger partial charge < -0.3 is 0 Å². The molecule has 4 rings (SSSR count). The monoisotopic (exact) mass is 582 g/mol. The molecule has 1 amide bonds. The van der Waals surface area contributed by atoms with Gasteiger partial charge in [0, 0.05) is 34.3 Å². The van der Waals surface area contributed by atoms with E-state index in [0.717, 1.165) is 42.8 Å². The van der Waals surface area contributed by atoms with E-state index in [-0.39, 0.29) is 23.7 Å². The van der Waals surface area contributed by atoms with Crippen LogP contribution in [0.2, 0.25) is 15.1 Å². The van der Waals surface area contributed by atoms with Crippen LogP contribution in [0.25, 0.3) is 16.9 Å². The maximum absolute atomic E-state index is 13.1. The number of hydrazine groups is 1. The second-order valence-corrected chi connectivity index (χ2v) is 9.51. The van der Waals surface area contributed by atoms with E-state index in [0.29, 0.717) is 26.4 Å². The maximum atomic E-state index is 13.1. The number of benzene rings is 2. The summed E-state index contributed by atoms with van der Waals surface area (Å²) in [5.74, 6) is -0.228. The van der Waals surface area contributed by atoms with Crippen molar-refractivity contribution in [2.24, 2.45) is 0 Å². The summed E-state index contributed by atoms with van der Waals surface area (Å²) in [6.07, 6.45) is 3.34. The van der Waals surface area contributed by atoms with Crippen LogP contribution in [0.5, 0.6) is 0 Å². The van der Waals surface area contributed by atoms with Crippen LogP contribution in [-0.4, -0.2) is 39.1 Å². The largest absolute Gasteiger partial charge is 0.286 e. The number of aromatic nitrogens is 2.